The summed E-state index contributed by atoms with van der Waals surface area (Å²) in [6, 6.07) is 13.0. The predicted octanol–water partition coefficient (Wildman–Crippen LogP) is 3.17. The molecule has 0 fully saturated rings. The molecule has 0 spiro atoms. The molecule has 0 unspecified atom stereocenters. The van der Waals surface area contributed by atoms with Crippen LogP contribution in [0.25, 0.3) is 0 Å². The smallest absolute Gasteiger partial charge is 0.262 e. The van der Waals surface area contributed by atoms with E-state index in [1.807, 2.05) is 0 Å². The van der Waals surface area contributed by atoms with Gasteiger partial charge in [-0.3, -0.25) is 14.5 Å². The summed E-state index contributed by atoms with van der Waals surface area (Å²) in [6.45, 7) is 0.640. The SMILES string of the molecule is O=C(Nc1cccc(S(=O)(=O)NC2=NCCC2)c1)c1ccc(Br)cc1. The third-order valence-corrected chi connectivity index (χ3v) is 5.54. The molecule has 3 rings (SSSR count). The summed E-state index contributed by atoms with van der Waals surface area (Å²) in [5, 5.41) is 2.71. The number of sulfonamides is 1. The molecule has 2 aromatic carbocycles. The second-order valence-electron chi connectivity index (χ2n) is 5.53. The van der Waals surface area contributed by atoms with E-state index in [1.165, 1.54) is 12.1 Å². The van der Waals surface area contributed by atoms with Crippen LogP contribution < -0.4 is 10.0 Å². The molecule has 130 valence electrons. The standard InChI is InChI=1S/C17H16BrN3O3S/c18-13-8-6-12(7-9-13)17(22)20-14-3-1-4-15(11-14)25(23,24)21-16-5-2-10-19-16/h1,3-4,6-9,11H,2,5,10H2,(H,19,21)(H,20,22). The van der Waals surface area contributed by atoms with Crippen LogP contribution in [-0.4, -0.2) is 26.7 Å². The number of aliphatic imine (C=N–C) groups is 1. The van der Waals surface area contributed by atoms with Crippen LogP contribution in [0, 0.1) is 0 Å². The van der Waals surface area contributed by atoms with Crippen molar-refractivity contribution in [2.45, 2.75) is 17.7 Å². The number of nitrogens with zero attached hydrogens (tertiary/aromatic N) is 1. The minimum atomic E-state index is -3.71. The predicted molar refractivity (Wildman–Crippen MR) is 100 cm³/mol. The van der Waals surface area contributed by atoms with Crippen LogP contribution in [0.1, 0.15) is 23.2 Å². The van der Waals surface area contributed by atoms with E-state index in [0.29, 0.717) is 30.1 Å². The van der Waals surface area contributed by atoms with E-state index in [2.05, 4.69) is 31.0 Å². The van der Waals surface area contributed by atoms with Gasteiger partial charge in [-0.15, -0.1) is 0 Å². The van der Waals surface area contributed by atoms with Crippen LogP contribution in [0.2, 0.25) is 0 Å². The number of halogens is 1. The fourth-order valence-electron chi connectivity index (χ4n) is 2.38. The third-order valence-electron chi connectivity index (χ3n) is 3.64. The molecule has 0 saturated heterocycles. The summed E-state index contributed by atoms with van der Waals surface area (Å²) in [7, 11) is -3.71. The molecule has 0 aromatic heterocycles. The fourth-order valence-corrected chi connectivity index (χ4v) is 3.78. The third kappa shape index (κ3) is 4.46. The molecule has 25 heavy (non-hydrogen) atoms. The number of benzene rings is 2. The van der Waals surface area contributed by atoms with Crippen molar-refractivity contribution in [3.8, 4) is 0 Å². The van der Waals surface area contributed by atoms with Crippen LogP contribution in [-0.2, 0) is 10.0 Å². The van der Waals surface area contributed by atoms with Gasteiger partial charge in [0.25, 0.3) is 15.9 Å². The van der Waals surface area contributed by atoms with Gasteiger partial charge in [0.1, 0.15) is 5.84 Å². The van der Waals surface area contributed by atoms with Crippen LogP contribution >= 0.6 is 15.9 Å². The zero-order valence-electron chi connectivity index (χ0n) is 13.2. The molecule has 6 nitrogen and oxygen atoms in total. The van der Waals surface area contributed by atoms with Crippen LogP contribution in [0.3, 0.4) is 0 Å². The minimum absolute atomic E-state index is 0.0794. The zero-order valence-corrected chi connectivity index (χ0v) is 15.6. The summed E-state index contributed by atoms with van der Waals surface area (Å²) < 4.78 is 28.2. The Hall–Kier alpha value is -2.19. The van der Waals surface area contributed by atoms with E-state index in [0.717, 1.165) is 10.9 Å². The van der Waals surface area contributed by atoms with Crippen LogP contribution in [0.4, 0.5) is 5.69 Å². The molecule has 1 heterocycles. The molecule has 0 atom stereocenters. The van der Waals surface area contributed by atoms with E-state index >= 15 is 0 Å². The number of carbonyl (C=O) groups is 1. The van der Waals surface area contributed by atoms with Gasteiger partial charge in [-0.05, 0) is 48.9 Å². The number of anilines is 1. The number of rotatable bonds is 4. The monoisotopic (exact) mass is 421 g/mol. The van der Waals surface area contributed by atoms with Crippen molar-refractivity contribution in [2.75, 3.05) is 11.9 Å². The normalized spacial score (nSPS) is 14.0. The molecule has 1 aliphatic heterocycles. The molecule has 0 radical (unpaired) electrons. The molecule has 0 saturated carbocycles. The number of carbonyl (C=O) groups excluding carboxylic acids is 1. The number of hydrogen-bond donors (Lipinski definition) is 2. The van der Waals surface area contributed by atoms with Crippen molar-refractivity contribution in [1.82, 2.24) is 4.72 Å². The topological polar surface area (TPSA) is 87.6 Å². The highest BCUT2D eigenvalue weighted by atomic mass is 79.9. The van der Waals surface area contributed by atoms with Gasteiger partial charge in [0.05, 0.1) is 4.90 Å². The highest BCUT2D eigenvalue weighted by Gasteiger charge is 2.18. The highest BCUT2D eigenvalue weighted by Crippen LogP contribution is 2.18. The quantitative estimate of drug-likeness (QED) is 0.794. The largest absolute Gasteiger partial charge is 0.322 e. The first-order chi connectivity index (χ1) is 11.9. The lowest BCUT2D eigenvalue weighted by Crippen LogP contribution is -2.29. The second-order valence-corrected chi connectivity index (χ2v) is 8.12. The Morgan fingerprint density at radius 2 is 1.88 bits per heavy atom. The van der Waals surface area contributed by atoms with Gasteiger partial charge in [0.2, 0.25) is 0 Å². The van der Waals surface area contributed by atoms with Crippen LogP contribution in [0.5, 0.6) is 0 Å². The Kier molecular flexibility index (Phi) is 5.19. The molecule has 2 N–H and O–H groups in total. The Bertz CT molecular complexity index is 924. The summed E-state index contributed by atoms with van der Waals surface area (Å²) in [5.41, 5.74) is 0.888. The van der Waals surface area contributed by atoms with E-state index in [1.54, 1.807) is 36.4 Å². The molecule has 1 aliphatic rings. The van der Waals surface area contributed by atoms with E-state index < -0.39 is 10.0 Å². The van der Waals surface area contributed by atoms with Crippen molar-refractivity contribution in [3.05, 3.63) is 58.6 Å². The molecular weight excluding hydrogens is 406 g/mol. The van der Waals surface area contributed by atoms with Crippen molar-refractivity contribution in [2.24, 2.45) is 4.99 Å². The minimum Gasteiger partial charge on any atom is -0.322 e. The lowest BCUT2D eigenvalue weighted by molar-refractivity contribution is 0.102. The van der Waals surface area contributed by atoms with Crippen molar-refractivity contribution >= 4 is 43.4 Å². The maximum absolute atomic E-state index is 12.4. The first kappa shape index (κ1) is 17.6. The first-order valence-corrected chi connectivity index (χ1v) is 9.95. The van der Waals surface area contributed by atoms with E-state index in [4.69, 9.17) is 0 Å². The average molecular weight is 422 g/mol. The van der Waals surface area contributed by atoms with Crippen LogP contribution in [0.15, 0.2) is 62.9 Å². The first-order valence-electron chi connectivity index (χ1n) is 7.67. The van der Waals surface area contributed by atoms with Gasteiger partial charge >= 0.3 is 0 Å². The second kappa shape index (κ2) is 7.37. The van der Waals surface area contributed by atoms with Gasteiger partial charge < -0.3 is 5.32 Å². The lowest BCUT2D eigenvalue weighted by atomic mass is 10.2. The maximum Gasteiger partial charge on any atom is 0.262 e. The summed E-state index contributed by atoms with van der Waals surface area (Å²) in [5.74, 6) is 0.166. The Labute approximate surface area is 154 Å². The molecule has 8 heteroatoms. The molecule has 0 aliphatic carbocycles. The summed E-state index contributed by atoms with van der Waals surface area (Å²) in [6.07, 6.45) is 1.47. The molecule has 0 bridgehead atoms. The van der Waals surface area contributed by atoms with Gasteiger partial charge in [-0.1, -0.05) is 22.0 Å². The summed E-state index contributed by atoms with van der Waals surface area (Å²) >= 11 is 3.31. The summed E-state index contributed by atoms with van der Waals surface area (Å²) in [4.78, 5) is 16.5. The number of amides is 1. The van der Waals surface area contributed by atoms with E-state index in [-0.39, 0.29) is 10.8 Å². The van der Waals surface area contributed by atoms with Gasteiger partial charge in [-0.2, -0.15) is 0 Å². The van der Waals surface area contributed by atoms with E-state index in [9.17, 15) is 13.2 Å². The Morgan fingerprint density at radius 1 is 1.12 bits per heavy atom. The van der Waals surface area contributed by atoms with Gasteiger partial charge in [0.15, 0.2) is 0 Å². The maximum atomic E-state index is 12.4. The van der Waals surface area contributed by atoms with Gasteiger partial charge in [-0.25, -0.2) is 8.42 Å². The number of amidine groups is 1. The van der Waals surface area contributed by atoms with Crippen molar-refractivity contribution in [1.29, 1.82) is 0 Å². The number of hydrogen-bond acceptors (Lipinski definition) is 4. The fraction of sp³-hybridized carbons (Fsp3) is 0.176. The Balaban J connectivity index is 1.76. The van der Waals surface area contributed by atoms with Crippen molar-refractivity contribution in [3.63, 3.8) is 0 Å². The highest BCUT2D eigenvalue weighted by molar-refractivity contribution is 9.10. The zero-order chi connectivity index (χ0) is 17.9. The van der Waals surface area contributed by atoms with Gasteiger partial charge in [0, 0.05) is 28.7 Å². The van der Waals surface area contributed by atoms with Crippen molar-refractivity contribution < 1.29 is 13.2 Å². The molecule has 1 amide bonds. The lowest BCUT2D eigenvalue weighted by Gasteiger charge is -2.10. The average Bonchev–Trinajstić information content (AvgIpc) is 3.08. The molecule has 2 aromatic rings. The number of nitrogens with one attached hydrogen (secondary N) is 2. The molecular formula is C17H16BrN3O3S. The Morgan fingerprint density at radius 3 is 2.56 bits per heavy atom.